The highest BCUT2D eigenvalue weighted by atomic mass is 16.8. The summed E-state index contributed by atoms with van der Waals surface area (Å²) in [7, 11) is 3.81. The maximum atomic E-state index is 12.0. The summed E-state index contributed by atoms with van der Waals surface area (Å²) in [6.45, 7) is 1.01. The molecular weight excluding hydrogens is 318 g/mol. The molecule has 9 heteroatoms. The number of ether oxygens (including phenoxy) is 2. The van der Waals surface area contributed by atoms with Gasteiger partial charge in [-0.05, 0) is 32.3 Å². The predicted molar refractivity (Wildman–Crippen MR) is 83.9 cm³/mol. The minimum atomic E-state index is -0.978. The van der Waals surface area contributed by atoms with Crippen LogP contribution in [0.25, 0.3) is 11.1 Å². The van der Waals surface area contributed by atoms with Crippen LogP contribution in [0, 0.1) is 0 Å². The summed E-state index contributed by atoms with van der Waals surface area (Å²) in [5.41, 5.74) is 1.49. The summed E-state index contributed by atoms with van der Waals surface area (Å²) < 4.78 is 16.0. The largest absolute Gasteiger partial charge is 0.509 e. The van der Waals surface area contributed by atoms with Crippen LogP contribution in [-0.4, -0.2) is 54.9 Å². The molecule has 1 unspecified atom stereocenters. The van der Waals surface area contributed by atoms with Gasteiger partial charge in [0.15, 0.2) is 5.58 Å². The summed E-state index contributed by atoms with van der Waals surface area (Å²) in [5.74, 6) is -0.945. The van der Waals surface area contributed by atoms with Gasteiger partial charge in [-0.1, -0.05) is 0 Å². The van der Waals surface area contributed by atoms with E-state index in [-0.39, 0.29) is 6.61 Å². The molecule has 128 valence electrons. The zero-order valence-corrected chi connectivity index (χ0v) is 13.3. The third-order valence-electron chi connectivity index (χ3n) is 3.59. The smallest absolute Gasteiger partial charge is 0.430 e. The third kappa shape index (κ3) is 3.25. The summed E-state index contributed by atoms with van der Waals surface area (Å²) in [5, 5.41) is 2.63. The molecule has 0 spiro atoms. The molecule has 1 saturated heterocycles. The Balaban J connectivity index is 1.82. The third-order valence-corrected chi connectivity index (χ3v) is 3.59. The van der Waals surface area contributed by atoms with Crippen molar-refractivity contribution in [2.45, 2.75) is 12.6 Å². The number of anilines is 1. The van der Waals surface area contributed by atoms with Crippen molar-refractivity contribution in [2.75, 3.05) is 32.6 Å². The number of nitrogens with zero attached hydrogens (tertiary/aromatic N) is 2. The average Bonchev–Trinajstić information content (AvgIpc) is 3.08. The maximum Gasteiger partial charge on any atom is 0.509 e. The van der Waals surface area contributed by atoms with Gasteiger partial charge in [0, 0.05) is 18.8 Å². The Hall–Kier alpha value is -2.81. The van der Waals surface area contributed by atoms with Crippen LogP contribution in [0.2, 0.25) is 0 Å². The first-order valence-electron chi connectivity index (χ1n) is 7.36. The van der Waals surface area contributed by atoms with Crippen LogP contribution < -0.4 is 11.1 Å². The Kier molecular flexibility index (Phi) is 4.26. The number of amides is 1. The summed E-state index contributed by atoms with van der Waals surface area (Å²) in [4.78, 5) is 36.8. The second-order valence-electron chi connectivity index (χ2n) is 5.66. The number of benzene rings is 1. The van der Waals surface area contributed by atoms with Gasteiger partial charge in [0.1, 0.15) is 6.61 Å². The Bertz CT molecular complexity index is 837. The molecule has 2 heterocycles. The molecule has 3 rings (SSSR count). The van der Waals surface area contributed by atoms with Crippen molar-refractivity contribution in [1.29, 1.82) is 0 Å². The summed E-state index contributed by atoms with van der Waals surface area (Å²) in [6.07, 6.45) is -1.84. The molecule has 0 saturated carbocycles. The first-order chi connectivity index (χ1) is 11.4. The van der Waals surface area contributed by atoms with E-state index in [2.05, 4.69) is 10.1 Å². The number of fused-ring (bicyclic) bond motifs is 1. The van der Waals surface area contributed by atoms with E-state index >= 15 is 0 Å². The number of carbonyl (C=O) groups excluding carboxylic acids is 2. The second kappa shape index (κ2) is 6.36. The van der Waals surface area contributed by atoms with Crippen molar-refractivity contribution in [3.8, 4) is 0 Å². The van der Waals surface area contributed by atoms with E-state index in [0.29, 0.717) is 29.9 Å². The number of likely N-dealkylation sites (N-methyl/N-ethyl adjacent to an activating group) is 1. The second-order valence-corrected chi connectivity index (χ2v) is 5.66. The van der Waals surface area contributed by atoms with Crippen LogP contribution in [0.5, 0.6) is 0 Å². The monoisotopic (exact) mass is 335 g/mol. The van der Waals surface area contributed by atoms with E-state index < -0.39 is 23.9 Å². The first-order valence-corrected chi connectivity index (χ1v) is 7.36. The quantitative estimate of drug-likeness (QED) is 0.799. The molecule has 1 aliphatic heterocycles. The highest BCUT2D eigenvalue weighted by Crippen LogP contribution is 2.19. The van der Waals surface area contributed by atoms with Crippen molar-refractivity contribution < 1.29 is 23.5 Å². The predicted octanol–water partition coefficient (Wildman–Crippen LogP) is 0.630. The van der Waals surface area contributed by atoms with Crippen molar-refractivity contribution in [3.05, 3.63) is 28.7 Å². The SMILES string of the molecule is CN(C)CCn1c(=O)oc2ccc(NC(=O)C3COC(=O)O3)cc21. The van der Waals surface area contributed by atoms with Crippen LogP contribution >= 0.6 is 0 Å². The molecule has 9 nitrogen and oxygen atoms in total. The van der Waals surface area contributed by atoms with E-state index in [9.17, 15) is 14.4 Å². The topological polar surface area (TPSA) is 103 Å². The number of oxazole rings is 1. The number of aromatic nitrogens is 1. The van der Waals surface area contributed by atoms with Gasteiger partial charge < -0.3 is 24.1 Å². The van der Waals surface area contributed by atoms with E-state index in [1.165, 1.54) is 4.57 Å². The number of hydrogen-bond donors (Lipinski definition) is 1. The lowest BCUT2D eigenvalue weighted by atomic mass is 10.2. The molecule has 1 N–H and O–H groups in total. The number of carbonyl (C=O) groups is 2. The van der Waals surface area contributed by atoms with Crippen molar-refractivity contribution in [2.24, 2.45) is 0 Å². The summed E-state index contributed by atoms with van der Waals surface area (Å²) in [6, 6.07) is 4.86. The molecule has 1 aliphatic rings. The number of hydrogen-bond acceptors (Lipinski definition) is 7. The molecule has 1 amide bonds. The molecule has 0 bridgehead atoms. The molecular formula is C15H17N3O6. The highest BCUT2D eigenvalue weighted by Gasteiger charge is 2.31. The maximum absolute atomic E-state index is 12.0. The number of rotatable bonds is 5. The molecule has 24 heavy (non-hydrogen) atoms. The molecule has 2 aromatic rings. The van der Waals surface area contributed by atoms with Crippen molar-refractivity contribution >= 4 is 28.8 Å². The number of cyclic esters (lactones) is 2. The molecule has 1 atom stereocenters. The van der Waals surface area contributed by atoms with E-state index in [4.69, 9.17) is 9.15 Å². The molecule has 1 aromatic heterocycles. The van der Waals surface area contributed by atoms with Gasteiger partial charge in [-0.15, -0.1) is 0 Å². The fourth-order valence-electron chi connectivity index (χ4n) is 2.33. The Labute approximate surface area is 136 Å². The lowest BCUT2D eigenvalue weighted by molar-refractivity contribution is -0.122. The van der Waals surface area contributed by atoms with Crippen LogP contribution in [0.3, 0.4) is 0 Å². The van der Waals surface area contributed by atoms with Crippen LogP contribution in [0.4, 0.5) is 10.5 Å². The number of nitrogens with one attached hydrogen (secondary N) is 1. The molecule has 1 fully saturated rings. The van der Waals surface area contributed by atoms with Gasteiger partial charge >= 0.3 is 11.9 Å². The van der Waals surface area contributed by atoms with Gasteiger partial charge in [0.25, 0.3) is 5.91 Å². The Morgan fingerprint density at radius 2 is 2.17 bits per heavy atom. The van der Waals surface area contributed by atoms with Gasteiger partial charge in [0.2, 0.25) is 6.10 Å². The van der Waals surface area contributed by atoms with Crippen molar-refractivity contribution in [1.82, 2.24) is 9.47 Å². The van der Waals surface area contributed by atoms with Crippen LogP contribution in [0.15, 0.2) is 27.4 Å². The van der Waals surface area contributed by atoms with Gasteiger partial charge in [0.05, 0.1) is 5.52 Å². The summed E-state index contributed by atoms with van der Waals surface area (Å²) >= 11 is 0. The lowest BCUT2D eigenvalue weighted by Crippen LogP contribution is -2.29. The minimum absolute atomic E-state index is 0.119. The Morgan fingerprint density at radius 3 is 2.83 bits per heavy atom. The minimum Gasteiger partial charge on any atom is -0.430 e. The average molecular weight is 335 g/mol. The first kappa shape index (κ1) is 16.1. The fraction of sp³-hybridized carbons (Fsp3) is 0.400. The van der Waals surface area contributed by atoms with Gasteiger partial charge in [-0.25, -0.2) is 9.59 Å². The van der Waals surface area contributed by atoms with Crippen LogP contribution in [0.1, 0.15) is 0 Å². The zero-order chi connectivity index (χ0) is 17.3. The van der Waals surface area contributed by atoms with Crippen molar-refractivity contribution in [3.63, 3.8) is 0 Å². The van der Waals surface area contributed by atoms with Gasteiger partial charge in [-0.2, -0.15) is 0 Å². The lowest BCUT2D eigenvalue weighted by Gasteiger charge is -2.10. The molecule has 1 aromatic carbocycles. The van der Waals surface area contributed by atoms with E-state index in [1.54, 1.807) is 18.2 Å². The van der Waals surface area contributed by atoms with Crippen LogP contribution in [-0.2, 0) is 20.8 Å². The standard InChI is InChI=1S/C15H17N3O6/c1-17(2)5-6-18-10-7-9(3-4-11(10)23-14(18)20)16-13(19)12-8-22-15(21)24-12/h3-4,7,12H,5-6,8H2,1-2H3,(H,16,19). The fourth-order valence-corrected chi connectivity index (χ4v) is 2.33. The normalized spacial score (nSPS) is 17.1. The van der Waals surface area contributed by atoms with E-state index in [1.807, 2.05) is 19.0 Å². The Morgan fingerprint density at radius 1 is 1.38 bits per heavy atom. The zero-order valence-electron chi connectivity index (χ0n) is 13.3. The molecule has 0 radical (unpaired) electrons. The van der Waals surface area contributed by atoms with E-state index in [0.717, 1.165) is 0 Å². The van der Waals surface area contributed by atoms with Gasteiger partial charge in [-0.3, -0.25) is 9.36 Å². The molecule has 0 aliphatic carbocycles. The highest BCUT2D eigenvalue weighted by molar-refractivity contribution is 5.97.